The molecule has 0 atom stereocenters. The van der Waals surface area contributed by atoms with E-state index in [1.165, 1.54) is 11.3 Å². The van der Waals surface area contributed by atoms with Gasteiger partial charge in [-0.2, -0.15) is 0 Å². The summed E-state index contributed by atoms with van der Waals surface area (Å²) >= 11 is 1.54. The van der Waals surface area contributed by atoms with Crippen molar-refractivity contribution in [1.29, 1.82) is 0 Å². The molecule has 28 heavy (non-hydrogen) atoms. The van der Waals surface area contributed by atoms with Crippen LogP contribution >= 0.6 is 11.3 Å². The van der Waals surface area contributed by atoms with Gasteiger partial charge in [-0.3, -0.25) is 4.79 Å². The maximum absolute atomic E-state index is 12.8. The van der Waals surface area contributed by atoms with Gasteiger partial charge >= 0.3 is 0 Å². The SMILES string of the molecule is CCOc1ncccc1NC(=O)c1nc(-c2cccs2)n(-c2ccccc2)n1. The van der Waals surface area contributed by atoms with E-state index in [0.717, 1.165) is 10.6 Å². The Morgan fingerprint density at radius 2 is 2.00 bits per heavy atom. The van der Waals surface area contributed by atoms with Crippen molar-refractivity contribution in [3.8, 4) is 22.3 Å². The Labute approximate surface area is 165 Å². The number of thiophene rings is 1. The lowest BCUT2D eigenvalue weighted by molar-refractivity contribution is 0.101. The third-order valence-corrected chi connectivity index (χ3v) is 4.72. The third-order valence-electron chi connectivity index (χ3n) is 3.85. The van der Waals surface area contributed by atoms with Crippen LogP contribution in [0.2, 0.25) is 0 Å². The van der Waals surface area contributed by atoms with Crippen LogP contribution in [0.3, 0.4) is 0 Å². The molecular weight excluding hydrogens is 374 g/mol. The molecule has 0 bridgehead atoms. The number of nitrogens with zero attached hydrogens (tertiary/aromatic N) is 4. The lowest BCUT2D eigenvalue weighted by Crippen LogP contribution is -2.15. The van der Waals surface area contributed by atoms with E-state index in [2.05, 4.69) is 20.4 Å². The number of rotatable bonds is 6. The van der Waals surface area contributed by atoms with Crippen LogP contribution in [-0.4, -0.2) is 32.3 Å². The molecule has 140 valence electrons. The Morgan fingerprint density at radius 1 is 1.14 bits per heavy atom. The lowest BCUT2D eigenvalue weighted by Gasteiger charge is -2.08. The molecule has 0 spiro atoms. The number of anilines is 1. The highest BCUT2D eigenvalue weighted by atomic mass is 32.1. The van der Waals surface area contributed by atoms with Crippen LogP contribution in [0.1, 0.15) is 17.5 Å². The average Bonchev–Trinajstić information content (AvgIpc) is 3.40. The summed E-state index contributed by atoms with van der Waals surface area (Å²) in [4.78, 5) is 22.4. The maximum Gasteiger partial charge on any atom is 0.295 e. The highest BCUT2D eigenvalue weighted by molar-refractivity contribution is 7.13. The summed E-state index contributed by atoms with van der Waals surface area (Å²) in [6.07, 6.45) is 1.61. The Hall–Kier alpha value is -3.52. The molecule has 0 radical (unpaired) electrons. The Kier molecular flexibility index (Phi) is 5.11. The van der Waals surface area contributed by atoms with Gasteiger partial charge < -0.3 is 10.1 Å². The Bertz CT molecular complexity index is 1080. The van der Waals surface area contributed by atoms with Crippen molar-refractivity contribution in [2.24, 2.45) is 0 Å². The number of nitrogens with one attached hydrogen (secondary N) is 1. The monoisotopic (exact) mass is 391 g/mol. The molecule has 0 aliphatic carbocycles. The summed E-state index contributed by atoms with van der Waals surface area (Å²) in [5.41, 5.74) is 1.30. The van der Waals surface area contributed by atoms with E-state index in [1.807, 2.05) is 54.8 Å². The first-order valence-electron chi connectivity index (χ1n) is 8.72. The van der Waals surface area contributed by atoms with E-state index in [0.29, 0.717) is 24.0 Å². The lowest BCUT2D eigenvalue weighted by atomic mass is 10.3. The van der Waals surface area contributed by atoms with Gasteiger partial charge in [-0.1, -0.05) is 24.3 Å². The smallest absolute Gasteiger partial charge is 0.295 e. The van der Waals surface area contributed by atoms with Crippen molar-refractivity contribution in [2.75, 3.05) is 11.9 Å². The van der Waals surface area contributed by atoms with Crippen molar-refractivity contribution >= 4 is 22.9 Å². The predicted molar refractivity (Wildman–Crippen MR) is 108 cm³/mol. The minimum atomic E-state index is -0.429. The molecule has 4 rings (SSSR count). The fourth-order valence-electron chi connectivity index (χ4n) is 2.64. The molecule has 0 aliphatic rings. The minimum absolute atomic E-state index is 0.0681. The molecule has 3 heterocycles. The van der Waals surface area contributed by atoms with Gasteiger partial charge in [-0.25, -0.2) is 14.6 Å². The van der Waals surface area contributed by atoms with Crippen LogP contribution in [0.15, 0.2) is 66.2 Å². The molecule has 1 amide bonds. The molecule has 1 N–H and O–H groups in total. The fraction of sp³-hybridized carbons (Fsp3) is 0.100. The fourth-order valence-corrected chi connectivity index (χ4v) is 3.34. The van der Waals surface area contributed by atoms with Crippen LogP contribution in [-0.2, 0) is 0 Å². The molecule has 0 fully saturated rings. The molecule has 0 saturated heterocycles. The second-order valence-corrected chi connectivity index (χ2v) is 6.67. The van der Waals surface area contributed by atoms with E-state index in [1.54, 1.807) is 23.0 Å². The van der Waals surface area contributed by atoms with Gasteiger partial charge in [0.25, 0.3) is 5.91 Å². The molecule has 7 nitrogen and oxygen atoms in total. The van der Waals surface area contributed by atoms with Gasteiger partial charge in [0.2, 0.25) is 11.7 Å². The number of carbonyl (C=O) groups excluding carboxylic acids is 1. The van der Waals surface area contributed by atoms with Crippen molar-refractivity contribution in [3.05, 3.63) is 72.0 Å². The topological polar surface area (TPSA) is 81.9 Å². The van der Waals surface area contributed by atoms with E-state index >= 15 is 0 Å². The third kappa shape index (κ3) is 3.63. The first kappa shape index (κ1) is 17.9. The van der Waals surface area contributed by atoms with Crippen LogP contribution in [0.25, 0.3) is 16.4 Å². The number of hydrogen-bond donors (Lipinski definition) is 1. The standard InChI is InChI=1S/C20H17N5O2S/c1-2-27-20-15(10-6-12-21-20)22-19(26)17-23-18(16-11-7-13-28-16)25(24-17)14-8-4-3-5-9-14/h3-13H,2H2,1H3,(H,22,26). The van der Waals surface area contributed by atoms with Crippen molar-refractivity contribution in [3.63, 3.8) is 0 Å². The molecule has 0 unspecified atom stereocenters. The Morgan fingerprint density at radius 3 is 2.75 bits per heavy atom. The van der Waals surface area contributed by atoms with Crippen LogP contribution in [0.5, 0.6) is 5.88 Å². The van der Waals surface area contributed by atoms with Crippen molar-refractivity contribution in [1.82, 2.24) is 19.7 Å². The molecule has 4 aromatic rings. The zero-order valence-electron chi connectivity index (χ0n) is 15.1. The largest absolute Gasteiger partial charge is 0.476 e. The number of ether oxygens (including phenoxy) is 1. The quantitative estimate of drug-likeness (QED) is 0.536. The number of hydrogen-bond acceptors (Lipinski definition) is 6. The van der Waals surface area contributed by atoms with Crippen LogP contribution < -0.4 is 10.1 Å². The van der Waals surface area contributed by atoms with Gasteiger partial charge in [-0.05, 0) is 42.6 Å². The molecule has 3 aromatic heterocycles. The van der Waals surface area contributed by atoms with E-state index in [-0.39, 0.29) is 5.82 Å². The number of carbonyl (C=O) groups is 1. The zero-order chi connectivity index (χ0) is 19.3. The number of para-hydroxylation sites is 1. The van der Waals surface area contributed by atoms with Gasteiger partial charge in [0.1, 0.15) is 5.69 Å². The summed E-state index contributed by atoms with van der Waals surface area (Å²) in [6, 6.07) is 16.9. The minimum Gasteiger partial charge on any atom is -0.476 e. The number of amides is 1. The summed E-state index contributed by atoms with van der Waals surface area (Å²) in [7, 11) is 0. The van der Waals surface area contributed by atoms with Crippen molar-refractivity contribution in [2.45, 2.75) is 6.92 Å². The summed E-state index contributed by atoms with van der Waals surface area (Å²) < 4.78 is 7.13. The Balaban J connectivity index is 1.70. The van der Waals surface area contributed by atoms with Gasteiger partial charge in [-0.15, -0.1) is 16.4 Å². The van der Waals surface area contributed by atoms with Crippen molar-refractivity contribution < 1.29 is 9.53 Å². The van der Waals surface area contributed by atoms with E-state index in [4.69, 9.17) is 4.74 Å². The first-order valence-corrected chi connectivity index (χ1v) is 9.59. The predicted octanol–water partition coefficient (Wildman–Crippen LogP) is 4.04. The zero-order valence-corrected chi connectivity index (χ0v) is 15.9. The first-order chi connectivity index (χ1) is 13.8. The number of aromatic nitrogens is 4. The number of benzene rings is 1. The summed E-state index contributed by atoms with van der Waals surface area (Å²) in [6.45, 7) is 2.31. The number of pyridine rings is 1. The summed E-state index contributed by atoms with van der Waals surface area (Å²) in [5.74, 6) is 0.613. The van der Waals surface area contributed by atoms with Crippen LogP contribution in [0, 0.1) is 0 Å². The van der Waals surface area contributed by atoms with Gasteiger partial charge in [0.05, 0.1) is 17.2 Å². The normalized spacial score (nSPS) is 10.6. The van der Waals surface area contributed by atoms with Gasteiger partial charge in [0.15, 0.2) is 5.82 Å². The second kappa shape index (κ2) is 8.01. The average molecular weight is 391 g/mol. The second-order valence-electron chi connectivity index (χ2n) is 5.73. The highest BCUT2D eigenvalue weighted by Gasteiger charge is 2.20. The maximum atomic E-state index is 12.8. The van der Waals surface area contributed by atoms with Crippen LogP contribution in [0.4, 0.5) is 5.69 Å². The molecule has 0 aliphatic heterocycles. The van der Waals surface area contributed by atoms with Gasteiger partial charge in [0, 0.05) is 6.20 Å². The summed E-state index contributed by atoms with van der Waals surface area (Å²) in [5, 5.41) is 9.20. The molecule has 1 aromatic carbocycles. The van der Waals surface area contributed by atoms with E-state index < -0.39 is 5.91 Å². The molecular formula is C20H17N5O2S. The van der Waals surface area contributed by atoms with E-state index in [9.17, 15) is 4.79 Å². The molecule has 0 saturated carbocycles. The highest BCUT2D eigenvalue weighted by Crippen LogP contribution is 2.26. The molecule has 8 heteroatoms.